The molecule has 0 heterocycles. The van der Waals surface area contributed by atoms with Gasteiger partial charge in [0.15, 0.2) is 0 Å². The average Bonchev–Trinajstić information content (AvgIpc) is 3.24. The van der Waals surface area contributed by atoms with Crippen LogP contribution in [0.25, 0.3) is 87.6 Å². The van der Waals surface area contributed by atoms with Crippen molar-refractivity contribution >= 4 is 43.1 Å². The standard InChI is InChI=1S/C47H32/c1-47(2)42-25-21-33(29-9-4-3-5-10-29)28-41(42)39-16-8-15-38-37(24-26-43(47)46(38)39)35-14-7-13-34(27-35)36-22-19-32-18-17-30-11-6-12-31-20-23-40(36)45(32)44(30)31/h3-28H,1-2H3/i3D,4D,5D,6D,9D,10D,11D,12D,17D,18D,19D,20D,22D,23D. The molecular weight excluding hydrogens is 565 g/mol. The molecule has 0 unspecified atom stereocenters. The first-order valence-electron chi connectivity index (χ1n) is 22.5. The normalized spacial score (nSPS) is 17.7. The molecule has 0 saturated carbocycles. The molecule has 0 nitrogen and oxygen atoms in total. The highest BCUT2D eigenvalue weighted by Crippen LogP contribution is 2.51. The fourth-order valence-corrected chi connectivity index (χ4v) is 7.53. The van der Waals surface area contributed by atoms with E-state index in [2.05, 4.69) is 19.9 Å². The van der Waals surface area contributed by atoms with Gasteiger partial charge in [0.2, 0.25) is 0 Å². The van der Waals surface area contributed by atoms with Gasteiger partial charge in [-0.3, -0.25) is 0 Å². The molecule has 9 aromatic carbocycles. The van der Waals surface area contributed by atoms with Crippen LogP contribution in [0, 0.1) is 0 Å². The van der Waals surface area contributed by atoms with Crippen LogP contribution in [0.5, 0.6) is 0 Å². The zero-order chi connectivity index (χ0) is 43.5. The van der Waals surface area contributed by atoms with Crippen molar-refractivity contribution < 1.29 is 19.2 Å². The molecule has 0 bridgehead atoms. The predicted octanol–water partition coefficient (Wildman–Crippen LogP) is 13.0. The summed E-state index contributed by atoms with van der Waals surface area (Å²) < 4.78 is 122. The maximum Gasteiger partial charge on any atom is 0.0630 e. The number of fused-ring (bicyclic) bond motifs is 2. The van der Waals surface area contributed by atoms with Gasteiger partial charge in [0, 0.05) is 5.41 Å². The van der Waals surface area contributed by atoms with Crippen molar-refractivity contribution in [1.82, 2.24) is 0 Å². The maximum absolute atomic E-state index is 9.32. The second-order valence-corrected chi connectivity index (χ2v) is 12.6. The Morgan fingerprint density at radius 1 is 0.404 bits per heavy atom. The van der Waals surface area contributed by atoms with Gasteiger partial charge in [-0.1, -0.05) is 159 Å². The van der Waals surface area contributed by atoms with E-state index < -0.39 is 59.8 Å². The summed E-state index contributed by atoms with van der Waals surface area (Å²) in [6, 6.07) is 17.7. The van der Waals surface area contributed by atoms with Crippen LogP contribution in [0.4, 0.5) is 0 Å². The van der Waals surface area contributed by atoms with Crippen LogP contribution in [-0.2, 0) is 5.41 Å². The van der Waals surface area contributed by atoms with Crippen molar-refractivity contribution in [3.63, 3.8) is 0 Å². The van der Waals surface area contributed by atoms with Crippen molar-refractivity contribution in [1.29, 1.82) is 0 Å². The van der Waals surface area contributed by atoms with Gasteiger partial charge in [0.25, 0.3) is 0 Å². The Balaban J connectivity index is 1.22. The molecule has 0 amide bonds. The van der Waals surface area contributed by atoms with Gasteiger partial charge in [-0.2, -0.15) is 0 Å². The molecule has 1 aliphatic carbocycles. The first kappa shape index (κ1) is 16.2. The molecule has 0 aliphatic heterocycles. The molecule has 9 aromatic rings. The van der Waals surface area contributed by atoms with Gasteiger partial charge in [0.05, 0.1) is 19.2 Å². The molecule has 10 rings (SSSR count). The fourth-order valence-electron chi connectivity index (χ4n) is 7.53. The molecule has 0 fully saturated rings. The lowest BCUT2D eigenvalue weighted by Gasteiger charge is -2.36. The molecule has 0 N–H and O–H groups in total. The summed E-state index contributed by atoms with van der Waals surface area (Å²) in [6.07, 6.45) is 0. The molecule has 1 aliphatic rings. The SMILES string of the molecule is [2H]c1c([2H])c([2H])c(-c2ccc3c(c2)-c2cccc4c(-c5cccc(-c6c([2H])c([2H])c7c([2H])c([2H])c8c([2H])c([2H])c([2H])c9c([2H])c([2H])c6c7c89)c5)ccc(c24)C3(C)C)c([2H])c1[2H]. The summed E-state index contributed by atoms with van der Waals surface area (Å²) >= 11 is 0. The minimum absolute atomic E-state index is 0.0753. The van der Waals surface area contributed by atoms with Gasteiger partial charge < -0.3 is 0 Å². The van der Waals surface area contributed by atoms with E-state index in [1.807, 2.05) is 60.7 Å². The largest absolute Gasteiger partial charge is 0.0630 e. The smallest absolute Gasteiger partial charge is 0.0622 e. The molecule has 0 heteroatoms. The van der Waals surface area contributed by atoms with Gasteiger partial charge in [-0.15, -0.1) is 0 Å². The van der Waals surface area contributed by atoms with Crippen LogP contribution in [-0.4, -0.2) is 0 Å². The number of benzene rings is 9. The third kappa shape index (κ3) is 3.76. The Bertz CT molecular complexity index is 3440. The monoisotopic (exact) mass is 610 g/mol. The second-order valence-electron chi connectivity index (χ2n) is 12.6. The van der Waals surface area contributed by atoms with Crippen molar-refractivity contribution in [2.45, 2.75) is 19.3 Å². The molecule has 0 saturated heterocycles. The zero-order valence-electron chi connectivity index (χ0n) is 39.4. The molecular formula is C47H32. The van der Waals surface area contributed by atoms with E-state index in [0.717, 1.165) is 44.2 Å². The highest BCUT2D eigenvalue weighted by molar-refractivity contribution is 6.25. The summed E-state index contributed by atoms with van der Waals surface area (Å²) in [5.41, 5.74) is 6.23. The molecule has 0 spiro atoms. The first-order chi connectivity index (χ1) is 28.9. The van der Waals surface area contributed by atoms with E-state index in [0.29, 0.717) is 11.1 Å². The summed E-state index contributed by atoms with van der Waals surface area (Å²) in [6.45, 7) is 4.26. The molecule has 0 aromatic heterocycles. The van der Waals surface area contributed by atoms with Crippen LogP contribution in [0.3, 0.4) is 0 Å². The van der Waals surface area contributed by atoms with E-state index in [1.165, 1.54) is 0 Å². The highest BCUT2D eigenvalue weighted by atomic mass is 14.4. The van der Waals surface area contributed by atoms with Crippen LogP contribution < -0.4 is 0 Å². The summed E-state index contributed by atoms with van der Waals surface area (Å²) in [5, 5.41) is 1.97. The van der Waals surface area contributed by atoms with E-state index in [1.54, 1.807) is 6.07 Å². The van der Waals surface area contributed by atoms with Crippen LogP contribution in [0.2, 0.25) is 0 Å². The van der Waals surface area contributed by atoms with Crippen LogP contribution >= 0.6 is 0 Å². The minimum Gasteiger partial charge on any atom is -0.0622 e. The Kier molecular flexibility index (Phi) is 3.33. The zero-order valence-corrected chi connectivity index (χ0v) is 25.4. The Hall–Kier alpha value is -5.72. The topological polar surface area (TPSA) is 0 Å². The van der Waals surface area contributed by atoms with E-state index in [4.69, 9.17) is 15.1 Å². The quantitative estimate of drug-likeness (QED) is 0.175. The predicted molar refractivity (Wildman–Crippen MR) is 202 cm³/mol. The highest BCUT2D eigenvalue weighted by Gasteiger charge is 2.34. The molecule has 0 radical (unpaired) electrons. The lowest BCUT2D eigenvalue weighted by molar-refractivity contribution is 0.645. The van der Waals surface area contributed by atoms with Crippen LogP contribution in [0.15, 0.2) is 157 Å². The summed E-state index contributed by atoms with van der Waals surface area (Å²) in [7, 11) is 0. The van der Waals surface area contributed by atoms with Gasteiger partial charge >= 0.3 is 0 Å². The van der Waals surface area contributed by atoms with E-state index >= 15 is 0 Å². The van der Waals surface area contributed by atoms with Crippen molar-refractivity contribution in [3.8, 4) is 44.5 Å². The average molecular weight is 611 g/mol. The van der Waals surface area contributed by atoms with Crippen molar-refractivity contribution in [2.75, 3.05) is 0 Å². The second kappa shape index (κ2) is 9.64. The van der Waals surface area contributed by atoms with Gasteiger partial charge in [0.1, 0.15) is 0 Å². The van der Waals surface area contributed by atoms with E-state index in [9.17, 15) is 4.11 Å². The number of rotatable bonds is 3. The first-order valence-corrected chi connectivity index (χ1v) is 15.5. The van der Waals surface area contributed by atoms with Gasteiger partial charge in [-0.25, -0.2) is 0 Å². The lowest BCUT2D eigenvalue weighted by Crippen LogP contribution is -2.23. The van der Waals surface area contributed by atoms with Crippen molar-refractivity contribution in [2.24, 2.45) is 0 Å². The number of hydrogen-bond donors (Lipinski definition) is 0. The number of hydrogen-bond acceptors (Lipinski definition) is 0. The maximum atomic E-state index is 9.32. The fraction of sp³-hybridized carbons (Fsp3) is 0.0638. The molecule has 47 heavy (non-hydrogen) atoms. The Morgan fingerprint density at radius 3 is 1.94 bits per heavy atom. The minimum atomic E-state index is -0.519. The van der Waals surface area contributed by atoms with Crippen molar-refractivity contribution in [3.05, 3.63) is 169 Å². The lowest BCUT2D eigenvalue weighted by atomic mass is 9.67. The summed E-state index contributed by atoms with van der Waals surface area (Å²) in [4.78, 5) is 0. The van der Waals surface area contributed by atoms with Crippen LogP contribution in [0.1, 0.15) is 44.2 Å². The molecule has 0 atom stereocenters. The Labute approximate surface area is 294 Å². The third-order valence-corrected chi connectivity index (χ3v) is 9.76. The van der Waals surface area contributed by atoms with Gasteiger partial charge in [-0.05, 0) is 111 Å². The van der Waals surface area contributed by atoms with E-state index in [-0.39, 0.29) is 73.7 Å². The Morgan fingerprint density at radius 2 is 1.11 bits per heavy atom. The molecule has 220 valence electrons. The third-order valence-electron chi connectivity index (χ3n) is 9.76. The summed E-state index contributed by atoms with van der Waals surface area (Å²) in [5.74, 6) is 0.